The van der Waals surface area contributed by atoms with E-state index in [2.05, 4.69) is 4.74 Å². The van der Waals surface area contributed by atoms with Crippen molar-refractivity contribution in [2.45, 2.75) is 31.0 Å². The molecule has 0 aliphatic carbocycles. The van der Waals surface area contributed by atoms with Gasteiger partial charge in [0, 0.05) is 6.92 Å². The maximum Gasteiger partial charge on any atom is 0.302 e. The van der Waals surface area contributed by atoms with E-state index in [1.165, 1.54) is 6.92 Å². The zero-order valence-electron chi connectivity index (χ0n) is 7.67. The van der Waals surface area contributed by atoms with E-state index in [1.54, 1.807) is 0 Å². The van der Waals surface area contributed by atoms with E-state index >= 15 is 0 Å². The van der Waals surface area contributed by atoms with Crippen molar-refractivity contribution in [3.63, 3.8) is 0 Å². The van der Waals surface area contributed by atoms with Crippen LogP contribution in [0.4, 0.5) is 0 Å². The Kier molecular flexibility index (Phi) is 2.23. The maximum atomic E-state index is 10.5. The number of rotatable bonds is 3. The van der Waals surface area contributed by atoms with E-state index in [4.69, 9.17) is 14.6 Å². The Morgan fingerprint density at radius 3 is 2.86 bits per heavy atom. The fraction of sp³-hybridized carbons (Fsp3) is 0.875. The molecule has 0 aromatic heterocycles. The molecule has 2 fully saturated rings. The molecule has 0 spiro atoms. The van der Waals surface area contributed by atoms with Crippen molar-refractivity contribution < 1.29 is 29.2 Å². The molecule has 0 radical (unpaired) electrons. The highest BCUT2D eigenvalue weighted by molar-refractivity contribution is 5.65. The maximum absolute atomic E-state index is 10.5. The Morgan fingerprint density at radius 1 is 1.64 bits per heavy atom. The van der Waals surface area contributed by atoms with Gasteiger partial charge < -0.3 is 24.4 Å². The highest BCUT2D eigenvalue weighted by Gasteiger charge is 2.66. The lowest BCUT2D eigenvalue weighted by atomic mass is 10.2. The molecule has 2 heterocycles. The lowest BCUT2D eigenvalue weighted by Gasteiger charge is -2.24. The number of hydrogen-bond donors (Lipinski definition) is 2. The number of ether oxygens (including phenoxy) is 3. The molecule has 4 atom stereocenters. The second-order valence-electron chi connectivity index (χ2n) is 3.49. The molecule has 6 nitrogen and oxygen atoms in total. The zero-order chi connectivity index (χ0) is 10.3. The Hall–Kier alpha value is -0.690. The largest absolute Gasteiger partial charge is 0.460 e. The van der Waals surface area contributed by atoms with Gasteiger partial charge in [-0.3, -0.25) is 4.79 Å². The smallest absolute Gasteiger partial charge is 0.302 e. The summed E-state index contributed by atoms with van der Waals surface area (Å²) in [6.45, 7) is 0.761. The van der Waals surface area contributed by atoms with Crippen LogP contribution in [0.5, 0.6) is 0 Å². The summed E-state index contributed by atoms with van der Waals surface area (Å²) in [5, 5.41) is 18.7. The summed E-state index contributed by atoms with van der Waals surface area (Å²) in [4.78, 5) is 10.5. The Labute approximate surface area is 80.4 Å². The molecular formula is C8H12O6. The summed E-state index contributed by atoms with van der Waals surface area (Å²) in [6, 6.07) is 0. The molecule has 2 aliphatic rings. The van der Waals surface area contributed by atoms with Crippen LogP contribution in [0.3, 0.4) is 0 Å². The van der Waals surface area contributed by atoms with E-state index in [0.717, 1.165) is 0 Å². The van der Waals surface area contributed by atoms with Crippen molar-refractivity contribution in [3.05, 3.63) is 0 Å². The number of carbonyl (C=O) groups is 1. The number of aliphatic hydroxyl groups excluding tert-OH is 1. The van der Waals surface area contributed by atoms with Gasteiger partial charge in [0.05, 0.1) is 6.61 Å². The third-order valence-electron chi connectivity index (χ3n) is 2.35. The molecule has 2 saturated heterocycles. The van der Waals surface area contributed by atoms with Crippen molar-refractivity contribution in [1.29, 1.82) is 0 Å². The molecule has 2 rings (SSSR count). The Balaban J connectivity index is 1.94. The predicted octanol–water partition coefficient (Wildman–Crippen LogP) is -1.60. The van der Waals surface area contributed by atoms with Gasteiger partial charge in [0.15, 0.2) is 0 Å². The minimum Gasteiger partial charge on any atom is -0.460 e. The number of carbonyl (C=O) groups excluding carboxylic acids is 1. The van der Waals surface area contributed by atoms with Crippen LogP contribution < -0.4 is 0 Å². The van der Waals surface area contributed by atoms with Crippen LogP contribution in [0, 0.1) is 0 Å². The van der Waals surface area contributed by atoms with Gasteiger partial charge in [0.25, 0.3) is 0 Å². The van der Waals surface area contributed by atoms with Gasteiger partial charge in [-0.05, 0) is 0 Å². The normalized spacial score (nSPS) is 44.6. The molecule has 80 valence electrons. The molecule has 0 saturated carbocycles. The lowest BCUT2D eigenvalue weighted by Crippen LogP contribution is -2.42. The van der Waals surface area contributed by atoms with Crippen molar-refractivity contribution in [2.24, 2.45) is 0 Å². The van der Waals surface area contributed by atoms with E-state index in [1.807, 2.05) is 0 Å². The van der Waals surface area contributed by atoms with Gasteiger partial charge in [-0.2, -0.15) is 0 Å². The number of aliphatic hydroxyl groups is 2. The molecule has 2 aliphatic heterocycles. The molecule has 0 bridgehead atoms. The molecule has 2 N–H and O–H groups in total. The highest BCUT2D eigenvalue weighted by atomic mass is 16.8. The molecule has 14 heavy (non-hydrogen) atoms. The van der Waals surface area contributed by atoms with Gasteiger partial charge in [-0.1, -0.05) is 0 Å². The Bertz CT molecular complexity index is 254. The minimum atomic E-state index is -1.59. The van der Waals surface area contributed by atoms with Gasteiger partial charge in [-0.15, -0.1) is 0 Å². The van der Waals surface area contributed by atoms with Crippen molar-refractivity contribution in [2.75, 3.05) is 13.2 Å². The summed E-state index contributed by atoms with van der Waals surface area (Å²) in [7, 11) is 0. The van der Waals surface area contributed by atoms with Crippen LogP contribution in [-0.2, 0) is 19.0 Å². The molecule has 0 aromatic carbocycles. The molecule has 0 amide bonds. The lowest BCUT2D eigenvalue weighted by molar-refractivity contribution is -0.256. The first kappa shape index (κ1) is 9.85. The summed E-state index contributed by atoms with van der Waals surface area (Å²) in [5.74, 6) is -2.09. The predicted molar refractivity (Wildman–Crippen MR) is 42.2 cm³/mol. The SMILES string of the molecule is CC(=O)OC[C@]1(O)O[C@H](CO)[C@@H]2O[C@@H]21. The van der Waals surface area contributed by atoms with Crippen LogP contribution >= 0.6 is 0 Å². The zero-order valence-corrected chi connectivity index (χ0v) is 7.67. The first-order valence-corrected chi connectivity index (χ1v) is 4.37. The standard InChI is InChI=1S/C8H12O6/c1-4(10)12-3-8(11)7-6(13-7)5(2-9)14-8/h5-7,9,11H,2-3H2,1H3/t5-,6+,7+,8+/m1/s1. The third kappa shape index (κ3) is 1.50. The second-order valence-corrected chi connectivity index (χ2v) is 3.49. The summed E-state index contributed by atoms with van der Waals surface area (Å²) < 4.78 is 14.8. The van der Waals surface area contributed by atoms with Gasteiger partial charge in [0.2, 0.25) is 5.79 Å². The molecular weight excluding hydrogens is 192 g/mol. The fourth-order valence-electron chi connectivity index (χ4n) is 1.63. The van der Waals surface area contributed by atoms with Crippen LogP contribution in [0.1, 0.15) is 6.92 Å². The molecule has 0 unspecified atom stereocenters. The molecule has 6 heteroatoms. The average Bonchev–Trinajstić information content (AvgIpc) is 2.87. The summed E-state index contributed by atoms with van der Waals surface area (Å²) in [5.41, 5.74) is 0. The number of epoxide rings is 1. The van der Waals surface area contributed by atoms with Gasteiger partial charge in [0.1, 0.15) is 24.9 Å². The monoisotopic (exact) mass is 204 g/mol. The van der Waals surface area contributed by atoms with Crippen molar-refractivity contribution in [1.82, 2.24) is 0 Å². The van der Waals surface area contributed by atoms with Gasteiger partial charge >= 0.3 is 5.97 Å². The molecule has 0 aromatic rings. The minimum absolute atomic E-state index is 0.219. The quantitative estimate of drug-likeness (QED) is 0.425. The number of fused-ring (bicyclic) bond motifs is 1. The van der Waals surface area contributed by atoms with Crippen molar-refractivity contribution >= 4 is 5.97 Å². The highest BCUT2D eigenvalue weighted by Crippen LogP contribution is 2.44. The third-order valence-corrected chi connectivity index (χ3v) is 2.35. The summed E-state index contributed by atoms with van der Waals surface area (Å²) >= 11 is 0. The van der Waals surface area contributed by atoms with Crippen LogP contribution in [0.2, 0.25) is 0 Å². The van der Waals surface area contributed by atoms with E-state index in [-0.39, 0.29) is 19.3 Å². The van der Waals surface area contributed by atoms with E-state index < -0.39 is 24.0 Å². The number of esters is 1. The number of hydrogen-bond acceptors (Lipinski definition) is 6. The first-order valence-electron chi connectivity index (χ1n) is 4.37. The average molecular weight is 204 g/mol. The van der Waals surface area contributed by atoms with Crippen LogP contribution in [-0.4, -0.2) is 53.5 Å². The van der Waals surface area contributed by atoms with Crippen LogP contribution in [0.25, 0.3) is 0 Å². The Morgan fingerprint density at radius 2 is 2.36 bits per heavy atom. The van der Waals surface area contributed by atoms with Crippen LogP contribution in [0.15, 0.2) is 0 Å². The fourth-order valence-corrected chi connectivity index (χ4v) is 1.63. The first-order chi connectivity index (χ1) is 6.57. The van der Waals surface area contributed by atoms with Gasteiger partial charge in [-0.25, -0.2) is 0 Å². The van der Waals surface area contributed by atoms with Crippen molar-refractivity contribution in [3.8, 4) is 0 Å². The van der Waals surface area contributed by atoms with E-state index in [0.29, 0.717) is 0 Å². The second kappa shape index (κ2) is 3.16. The summed E-state index contributed by atoms with van der Waals surface area (Å²) in [6.07, 6.45) is -1.29. The topological polar surface area (TPSA) is 88.5 Å². The van der Waals surface area contributed by atoms with E-state index in [9.17, 15) is 9.90 Å².